The van der Waals surface area contributed by atoms with Gasteiger partial charge < -0.3 is 10.6 Å². The molecule has 1 fully saturated rings. The Kier molecular flexibility index (Phi) is 5.04. The van der Waals surface area contributed by atoms with Gasteiger partial charge in [-0.05, 0) is 73.9 Å². The van der Waals surface area contributed by atoms with Gasteiger partial charge in [-0.15, -0.1) is 0 Å². The lowest BCUT2D eigenvalue weighted by Gasteiger charge is -2.28. The average Bonchev–Trinajstić information content (AvgIpc) is 2.90. The van der Waals surface area contributed by atoms with Gasteiger partial charge in [0.1, 0.15) is 0 Å². The Labute approximate surface area is 137 Å². The van der Waals surface area contributed by atoms with Crippen molar-refractivity contribution in [2.45, 2.75) is 45.1 Å². The molecular formula is C18H25ClN2O. The van der Waals surface area contributed by atoms with Crippen molar-refractivity contribution in [1.29, 1.82) is 0 Å². The number of piperidine rings is 1. The first kappa shape index (κ1) is 15.8. The summed E-state index contributed by atoms with van der Waals surface area (Å²) >= 11 is 6.04. The molecule has 0 spiro atoms. The summed E-state index contributed by atoms with van der Waals surface area (Å²) in [5.74, 6) is 1.34. The fourth-order valence-electron chi connectivity index (χ4n) is 3.86. The van der Waals surface area contributed by atoms with E-state index < -0.39 is 0 Å². The predicted octanol–water partition coefficient (Wildman–Crippen LogP) is 3.47. The number of carbonyl (C=O) groups is 1. The number of hydrogen-bond donors (Lipinski definition) is 2. The third kappa shape index (κ3) is 3.64. The third-order valence-electron chi connectivity index (χ3n) is 5.21. The van der Waals surface area contributed by atoms with Gasteiger partial charge in [0, 0.05) is 11.4 Å². The summed E-state index contributed by atoms with van der Waals surface area (Å²) in [6, 6.07) is 6.18. The largest absolute Gasteiger partial charge is 0.349 e. The number of halogens is 1. The Balaban J connectivity index is 1.54. The van der Waals surface area contributed by atoms with Crippen LogP contribution < -0.4 is 10.6 Å². The van der Waals surface area contributed by atoms with E-state index in [4.69, 9.17) is 11.6 Å². The number of benzene rings is 1. The lowest BCUT2D eigenvalue weighted by atomic mass is 9.84. The Bertz CT molecular complexity index is 540. The molecule has 2 atom stereocenters. The van der Waals surface area contributed by atoms with E-state index in [2.05, 4.69) is 23.6 Å². The molecular weight excluding hydrogens is 296 g/mol. The summed E-state index contributed by atoms with van der Waals surface area (Å²) < 4.78 is 0. The number of amides is 1. The van der Waals surface area contributed by atoms with Crippen LogP contribution >= 0.6 is 11.6 Å². The normalized spacial score (nSPS) is 23.1. The first-order valence-electron chi connectivity index (χ1n) is 8.42. The summed E-state index contributed by atoms with van der Waals surface area (Å²) in [6.07, 6.45) is 5.02. The maximum atomic E-state index is 12.4. The van der Waals surface area contributed by atoms with Crippen molar-refractivity contribution >= 4 is 17.5 Å². The zero-order chi connectivity index (χ0) is 15.5. The smallest absolute Gasteiger partial charge is 0.220 e. The topological polar surface area (TPSA) is 41.1 Å². The zero-order valence-electron chi connectivity index (χ0n) is 13.2. The van der Waals surface area contributed by atoms with Crippen LogP contribution in [-0.4, -0.2) is 19.0 Å². The molecule has 3 nitrogen and oxygen atoms in total. The SMILES string of the molecule is CC(CC(=O)NC1CCc2cc(Cl)ccc21)C1CCNCC1. The molecule has 1 heterocycles. The average molecular weight is 321 g/mol. The lowest BCUT2D eigenvalue weighted by Crippen LogP contribution is -2.34. The second kappa shape index (κ2) is 7.01. The summed E-state index contributed by atoms with van der Waals surface area (Å²) in [4.78, 5) is 12.4. The van der Waals surface area contributed by atoms with Crippen LogP contribution in [0.15, 0.2) is 18.2 Å². The molecule has 120 valence electrons. The van der Waals surface area contributed by atoms with Crippen molar-refractivity contribution in [1.82, 2.24) is 10.6 Å². The molecule has 22 heavy (non-hydrogen) atoms. The van der Waals surface area contributed by atoms with E-state index in [0.717, 1.165) is 31.0 Å². The first-order valence-corrected chi connectivity index (χ1v) is 8.79. The number of nitrogens with one attached hydrogen (secondary N) is 2. The van der Waals surface area contributed by atoms with Gasteiger partial charge in [-0.25, -0.2) is 0 Å². The summed E-state index contributed by atoms with van der Waals surface area (Å²) in [6.45, 7) is 4.40. The molecule has 0 bridgehead atoms. The number of carbonyl (C=O) groups excluding carboxylic acids is 1. The van der Waals surface area contributed by atoms with Crippen molar-refractivity contribution in [2.75, 3.05) is 13.1 Å². The van der Waals surface area contributed by atoms with Crippen molar-refractivity contribution in [2.24, 2.45) is 11.8 Å². The summed E-state index contributed by atoms with van der Waals surface area (Å²) in [5, 5.41) is 7.40. The molecule has 4 heteroatoms. The maximum Gasteiger partial charge on any atom is 0.220 e. The second-order valence-corrected chi connectivity index (χ2v) is 7.21. The van der Waals surface area contributed by atoms with Crippen LogP contribution in [-0.2, 0) is 11.2 Å². The van der Waals surface area contributed by atoms with Gasteiger partial charge in [0.25, 0.3) is 0 Å². The van der Waals surface area contributed by atoms with Crippen LogP contribution in [0.3, 0.4) is 0 Å². The monoisotopic (exact) mass is 320 g/mol. The van der Waals surface area contributed by atoms with E-state index in [1.54, 1.807) is 0 Å². The molecule has 1 aliphatic carbocycles. The van der Waals surface area contributed by atoms with Crippen molar-refractivity contribution in [3.8, 4) is 0 Å². The molecule has 1 aromatic carbocycles. The standard InChI is InChI=1S/C18H25ClN2O/c1-12(13-6-8-20-9-7-13)10-18(22)21-17-5-2-14-11-15(19)3-4-16(14)17/h3-4,11-13,17,20H,2,5-10H2,1H3,(H,21,22). The van der Waals surface area contributed by atoms with Crippen molar-refractivity contribution < 1.29 is 4.79 Å². The van der Waals surface area contributed by atoms with E-state index in [1.807, 2.05) is 12.1 Å². The molecule has 2 aliphatic rings. The van der Waals surface area contributed by atoms with Gasteiger partial charge in [0.2, 0.25) is 5.91 Å². The minimum atomic E-state index is 0.167. The highest BCUT2D eigenvalue weighted by Gasteiger charge is 2.26. The fourth-order valence-corrected chi connectivity index (χ4v) is 4.06. The number of aryl methyl sites for hydroxylation is 1. The predicted molar refractivity (Wildman–Crippen MR) is 90.0 cm³/mol. The maximum absolute atomic E-state index is 12.4. The number of hydrogen-bond acceptors (Lipinski definition) is 2. The molecule has 0 radical (unpaired) electrons. The quantitative estimate of drug-likeness (QED) is 0.892. The minimum absolute atomic E-state index is 0.167. The number of fused-ring (bicyclic) bond motifs is 1. The van der Waals surface area contributed by atoms with Gasteiger partial charge in [0.05, 0.1) is 6.04 Å². The second-order valence-electron chi connectivity index (χ2n) is 6.77. The molecule has 1 saturated heterocycles. The molecule has 2 N–H and O–H groups in total. The molecule has 1 amide bonds. The van der Waals surface area contributed by atoms with Gasteiger partial charge in [-0.2, -0.15) is 0 Å². The van der Waals surface area contributed by atoms with Crippen LogP contribution in [0.1, 0.15) is 49.8 Å². The van der Waals surface area contributed by atoms with Crippen molar-refractivity contribution in [3.05, 3.63) is 34.3 Å². The molecule has 3 rings (SSSR count). The van der Waals surface area contributed by atoms with Crippen LogP contribution in [0.25, 0.3) is 0 Å². The molecule has 0 aromatic heterocycles. The fraction of sp³-hybridized carbons (Fsp3) is 0.611. The summed E-state index contributed by atoms with van der Waals surface area (Å²) in [5.41, 5.74) is 2.52. The van der Waals surface area contributed by atoms with E-state index >= 15 is 0 Å². The van der Waals surface area contributed by atoms with E-state index in [-0.39, 0.29) is 11.9 Å². The molecule has 0 saturated carbocycles. The Morgan fingerprint density at radius 3 is 2.91 bits per heavy atom. The molecule has 2 unspecified atom stereocenters. The van der Waals surface area contributed by atoms with E-state index in [0.29, 0.717) is 18.3 Å². The first-order chi connectivity index (χ1) is 10.6. The molecule has 1 aliphatic heterocycles. The lowest BCUT2D eigenvalue weighted by molar-refractivity contribution is -0.123. The van der Waals surface area contributed by atoms with Crippen LogP contribution in [0.4, 0.5) is 0 Å². The highest BCUT2D eigenvalue weighted by atomic mass is 35.5. The van der Waals surface area contributed by atoms with Gasteiger partial charge in [-0.1, -0.05) is 24.6 Å². The van der Waals surface area contributed by atoms with Gasteiger partial charge in [0.15, 0.2) is 0 Å². The highest BCUT2D eigenvalue weighted by Crippen LogP contribution is 2.33. The van der Waals surface area contributed by atoms with E-state index in [9.17, 15) is 4.79 Å². The summed E-state index contributed by atoms with van der Waals surface area (Å²) in [7, 11) is 0. The minimum Gasteiger partial charge on any atom is -0.349 e. The Hall–Kier alpha value is -1.06. The van der Waals surface area contributed by atoms with Crippen LogP contribution in [0, 0.1) is 11.8 Å². The third-order valence-corrected chi connectivity index (χ3v) is 5.45. The van der Waals surface area contributed by atoms with Crippen molar-refractivity contribution in [3.63, 3.8) is 0 Å². The Morgan fingerprint density at radius 2 is 2.14 bits per heavy atom. The van der Waals surface area contributed by atoms with Crippen LogP contribution in [0.5, 0.6) is 0 Å². The van der Waals surface area contributed by atoms with E-state index in [1.165, 1.54) is 24.0 Å². The van der Waals surface area contributed by atoms with Gasteiger partial charge in [-0.3, -0.25) is 4.79 Å². The molecule has 1 aromatic rings. The highest BCUT2D eigenvalue weighted by molar-refractivity contribution is 6.30. The van der Waals surface area contributed by atoms with Crippen LogP contribution in [0.2, 0.25) is 5.02 Å². The Morgan fingerprint density at radius 1 is 1.36 bits per heavy atom. The van der Waals surface area contributed by atoms with Gasteiger partial charge >= 0.3 is 0 Å². The zero-order valence-corrected chi connectivity index (χ0v) is 14.0. The number of rotatable bonds is 4.